The molecule has 3 atom stereocenters. The minimum absolute atomic E-state index is 0.134. The molecule has 13 heteroatoms. The molecule has 0 aromatic rings. The van der Waals surface area contributed by atoms with Crippen molar-refractivity contribution in [3.63, 3.8) is 0 Å². The molecule has 0 bridgehead atoms. The Hall–Kier alpha value is -2.93. The molecule has 2 aliphatic heterocycles. The van der Waals surface area contributed by atoms with Gasteiger partial charge in [-0.15, -0.1) is 0 Å². The van der Waals surface area contributed by atoms with E-state index in [-0.39, 0.29) is 35.0 Å². The molecule has 12 nitrogen and oxygen atoms in total. The Morgan fingerprint density at radius 1 is 1.19 bits per heavy atom. The fourth-order valence-electron chi connectivity index (χ4n) is 4.91. The number of nitrogens with zero attached hydrogens (tertiary/aromatic N) is 4. The number of aliphatic imine (C=N–C) groups is 1. The number of nitrogens with two attached hydrogens (primary N) is 2. The number of amidine groups is 1. The quantitative estimate of drug-likeness (QED) is 0.135. The highest BCUT2D eigenvalue weighted by molar-refractivity contribution is 8.05. The zero-order valence-corrected chi connectivity index (χ0v) is 21.4. The molecule has 2 heterocycles. The summed E-state index contributed by atoms with van der Waals surface area (Å²) in [5.41, 5.74) is 12.0. The van der Waals surface area contributed by atoms with Gasteiger partial charge in [0.05, 0.1) is 23.6 Å². The van der Waals surface area contributed by atoms with Crippen molar-refractivity contribution in [2.24, 2.45) is 21.6 Å². The van der Waals surface area contributed by atoms with Gasteiger partial charge in [-0.25, -0.2) is 9.79 Å². The van der Waals surface area contributed by atoms with Gasteiger partial charge in [0.1, 0.15) is 11.9 Å². The Morgan fingerprint density at radius 2 is 1.89 bits per heavy atom. The number of likely N-dealkylation sites (tertiary alicyclic amines) is 1. The van der Waals surface area contributed by atoms with E-state index in [1.807, 2.05) is 0 Å². The average molecular weight is 523 g/mol. The molecule has 1 saturated heterocycles. The van der Waals surface area contributed by atoms with Crippen LogP contribution in [0.25, 0.3) is 0 Å². The van der Waals surface area contributed by atoms with Crippen LogP contribution in [-0.2, 0) is 23.9 Å². The zero-order valence-electron chi connectivity index (χ0n) is 20.6. The molecule has 2 amide bonds. The van der Waals surface area contributed by atoms with Gasteiger partial charge in [-0.1, -0.05) is 36.2 Å². The predicted molar refractivity (Wildman–Crippen MR) is 134 cm³/mol. The SMILES string of the molecule is CCOC(=O)C=NC(=O)C1SC(C(=O)[C@@H]2CCCN2C(=O)[C@H](C)N)=C(C(N)=NO)N1C1CCCCC1. The Balaban J connectivity index is 2.01. The summed E-state index contributed by atoms with van der Waals surface area (Å²) in [6.07, 6.45) is 6.26. The molecule has 5 N–H and O–H groups in total. The van der Waals surface area contributed by atoms with Crippen LogP contribution in [0.5, 0.6) is 0 Å². The number of hydrogen-bond donors (Lipinski definition) is 3. The minimum Gasteiger partial charge on any atom is -0.462 e. The van der Waals surface area contributed by atoms with Crippen LogP contribution in [0.15, 0.2) is 20.8 Å². The van der Waals surface area contributed by atoms with Crippen LogP contribution in [0.3, 0.4) is 0 Å². The van der Waals surface area contributed by atoms with Gasteiger partial charge in [0, 0.05) is 12.6 Å². The second-order valence-corrected chi connectivity index (χ2v) is 10.1. The number of oxime groups is 1. The first-order chi connectivity index (χ1) is 17.2. The summed E-state index contributed by atoms with van der Waals surface area (Å²) in [5, 5.41) is 11.7. The highest BCUT2D eigenvalue weighted by atomic mass is 32.2. The van der Waals surface area contributed by atoms with Gasteiger partial charge in [0.2, 0.25) is 5.91 Å². The Labute approximate surface area is 214 Å². The molecule has 36 heavy (non-hydrogen) atoms. The van der Waals surface area contributed by atoms with Crippen molar-refractivity contribution < 1.29 is 29.1 Å². The number of rotatable bonds is 8. The van der Waals surface area contributed by atoms with Crippen LogP contribution in [0, 0.1) is 0 Å². The number of Topliss-reactive ketones (excluding diaryl/α,β-unsaturated/α-hetero) is 1. The molecule has 198 valence electrons. The van der Waals surface area contributed by atoms with E-state index in [2.05, 4.69) is 10.1 Å². The molecule has 0 spiro atoms. The fraction of sp³-hybridized carbons (Fsp3) is 0.652. The first-order valence-electron chi connectivity index (χ1n) is 12.2. The lowest BCUT2D eigenvalue weighted by Crippen LogP contribution is -2.48. The van der Waals surface area contributed by atoms with Gasteiger partial charge >= 0.3 is 5.97 Å². The van der Waals surface area contributed by atoms with Crippen molar-refractivity contribution >= 4 is 47.4 Å². The highest BCUT2D eigenvalue weighted by Gasteiger charge is 2.47. The summed E-state index contributed by atoms with van der Waals surface area (Å²) < 4.78 is 4.81. The summed E-state index contributed by atoms with van der Waals surface area (Å²) in [4.78, 5) is 58.5. The number of esters is 1. The number of carbonyl (C=O) groups excluding carboxylic acids is 4. The van der Waals surface area contributed by atoms with E-state index < -0.39 is 35.1 Å². The number of carbonyl (C=O) groups is 4. The van der Waals surface area contributed by atoms with Crippen LogP contribution in [0.1, 0.15) is 58.8 Å². The van der Waals surface area contributed by atoms with E-state index in [4.69, 9.17) is 16.2 Å². The third kappa shape index (κ3) is 5.89. The van der Waals surface area contributed by atoms with Crippen molar-refractivity contribution in [2.75, 3.05) is 13.2 Å². The van der Waals surface area contributed by atoms with E-state index in [0.717, 1.165) is 50.1 Å². The molecule has 0 radical (unpaired) electrons. The first-order valence-corrected chi connectivity index (χ1v) is 13.1. The van der Waals surface area contributed by atoms with Gasteiger partial charge in [0.25, 0.3) is 5.91 Å². The number of ether oxygens (including phenoxy) is 1. The number of thioether (sulfide) groups is 1. The minimum atomic E-state index is -0.994. The molecule has 0 aromatic heterocycles. The van der Waals surface area contributed by atoms with Crippen LogP contribution in [0.4, 0.5) is 0 Å². The predicted octanol–water partition coefficient (Wildman–Crippen LogP) is 0.720. The molecule has 3 rings (SSSR count). The van der Waals surface area contributed by atoms with E-state index in [1.165, 1.54) is 4.90 Å². The summed E-state index contributed by atoms with van der Waals surface area (Å²) in [6.45, 7) is 3.73. The Kier molecular flexibility index (Phi) is 9.49. The standard InChI is InChI=1S/C23H34N6O6S/c1-3-35-16(30)12-26-21(32)23-29(14-8-5-4-6-9-14)17(20(25)27-34)19(36-23)18(31)15-10-7-11-28(15)22(33)13(2)24/h12-15,23,34H,3-11,24H2,1-2H3,(H2,25,27)/t13-,15-,23?/m0/s1. The largest absolute Gasteiger partial charge is 0.462 e. The maximum atomic E-state index is 13.8. The normalized spacial score (nSPS) is 24.5. The van der Waals surface area contributed by atoms with Crippen molar-refractivity contribution in [1.29, 1.82) is 0 Å². The van der Waals surface area contributed by atoms with Crippen LogP contribution in [0.2, 0.25) is 0 Å². The molecule has 0 aromatic carbocycles. The summed E-state index contributed by atoms with van der Waals surface area (Å²) in [7, 11) is 0. The van der Waals surface area contributed by atoms with E-state index in [9.17, 15) is 24.4 Å². The fourth-order valence-corrected chi connectivity index (χ4v) is 6.26. The monoisotopic (exact) mass is 522 g/mol. The first kappa shape index (κ1) is 27.7. The summed E-state index contributed by atoms with van der Waals surface area (Å²) >= 11 is 0.954. The number of ketones is 1. The van der Waals surface area contributed by atoms with Crippen molar-refractivity contribution in [3.05, 3.63) is 10.6 Å². The number of hydrogen-bond acceptors (Lipinski definition) is 10. The topological polar surface area (TPSA) is 181 Å². The molecule has 1 unspecified atom stereocenters. The second-order valence-electron chi connectivity index (χ2n) is 9.02. The van der Waals surface area contributed by atoms with Gasteiger partial charge < -0.3 is 31.2 Å². The van der Waals surface area contributed by atoms with E-state index >= 15 is 0 Å². The second kappa shape index (κ2) is 12.3. The van der Waals surface area contributed by atoms with Crippen LogP contribution in [-0.4, -0.2) is 87.3 Å². The smallest absolute Gasteiger partial charge is 0.349 e. The zero-order chi connectivity index (χ0) is 26.4. The maximum Gasteiger partial charge on any atom is 0.349 e. The lowest BCUT2D eigenvalue weighted by atomic mass is 9.93. The summed E-state index contributed by atoms with van der Waals surface area (Å²) in [5.74, 6) is -2.45. The lowest BCUT2D eigenvalue weighted by Gasteiger charge is -2.37. The van der Waals surface area contributed by atoms with Gasteiger partial charge in [-0.3, -0.25) is 14.4 Å². The van der Waals surface area contributed by atoms with E-state index in [1.54, 1.807) is 18.7 Å². The molecular weight excluding hydrogens is 488 g/mol. The van der Waals surface area contributed by atoms with Crippen LogP contribution < -0.4 is 11.5 Å². The van der Waals surface area contributed by atoms with Gasteiger partial charge in [-0.05, 0) is 39.5 Å². The molecule has 2 fully saturated rings. The van der Waals surface area contributed by atoms with Gasteiger partial charge in [-0.2, -0.15) is 0 Å². The summed E-state index contributed by atoms with van der Waals surface area (Å²) in [6, 6.07) is -1.68. The highest BCUT2D eigenvalue weighted by Crippen LogP contribution is 2.44. The Bertz CT molecular complexity index is 974. The third-order valence-electron chi connectivity index (χ3n) is 6.52. The van der Waals surface area contributed by atoms with Crippen LogP contribution >= 0.6 is 11.8 Å². The average Bonchev–Trinajstić information content (AvgIpc) is 3.52. The molecular formula is C23H34N6O6S. The van der Waals surface area contributed by atoms with Crippen molar-refractivity contribution in [3.8, 4) is 0 Å². The van der Waals surface area contributed by atoms with Gasteiger partial charge in [0.15, 0.2) is 17.0 Å². The number of amides is 2. The molecule has 1 aliphatic carbocycles. The molecule has 3 aliphatic rings. The maximum absolute atomic E-state index is 13.8. The van der Waals surface area contributed by atoms with E-state index in [0.29, 0.717) is 19.4 Å². The Morgan fingerprint density at radius 3 is 2.50 bits per heavy atom. The third-order valence-corrected chi connectivity index (χ3v) is 7.80. The molecule has 1 saturated carbocycles. The van der Waals surface area contributed by atoms with Crippen molar-refractivity contribution in [2.45, 2.75) is 82.3 Å². The van der Waals surface area contributed by atoms with Crippen molar-refractivity contribution in [1.82, 2.24) is 9.80 Å². The lowest BCUT2D eigenvalue weighted by molar-refractivity contribution is -0.137.